The van der Waals surface area contributed by atoms with Crippen molar-refractivity contribution in [2.45, 2.75) is 6.54 Å². The van der Waals surface area contributed by atoms with E-state index >= 15 is 0 Å². The van der Waals surface area contributed by atoms with E-state index in [1.807, 2.05) is 41.1 Å². The van der Waals surface area contributed by atoms with Crippen molar-refractivity contribution in [1.82, 2.24) is 29.4 Å². The third-order valence-corrected chi connectivity index (χ3v) is 4.80. The molecule has 0 aliphatic heterocycles. The third-order valence-electron chi connectivity index (χ3n) is 4.80. The predicted molar refractivity (Wildman–Crippen MR) is 108 cm³/mol. The molecule has 5 aromatic rings. The molecular formula is C21H18N6O2. The number of rotatable bonds is 5. The molecule has 0 amide bonds. The van der Waals surface area contributed by atoms with Crippen LogP contribution in [0.25, 0.3) is 28.1 Å². The molecule has 8 heteroatoms. The highest BCUT2D eigenvalue weighted by Gasteiger charge is 2.16. The maximum Gasteiger partial charge on any atom is 0.185 e. The fourth-order valence-corrected chi connectivity index (χ4v) is 3.34. The van der Waals surface area contributed by atoms with E-state index in [-0.39, 0.29) is 0 Å². The Labute approximate surface area is 166 Å². The van der Waals surface area contributed by atoms with Gasteiger partial charge in [-0.05, 0) is 17.7 Å². The molecule has 3 aromatic heterocycles. The van der Waals surface area contributed by atoms with Gasteiger partial charge in [0.2, 0.25) is 0 Å². The molecule has 8 nitrogen and oxygen atoms in total. The van der Waals surface area contributed by atoms with Gasteiger partial charge in [-0.1, -0.05) is 30.3 Å². The van der Waals surface area contributed by atoms with Crippen LogP contribution in [0.5, 0.6) is 11.5 Å². The van der Waals surface area contributed by atoms with Crippen LogP contribution in [-0.4, -0.2) is 43.6 Å². The first-order valence-corrected chi connectivity index (χ1v) is 9.10. The predicted octanol–water partition coefficient (Wildman–Crippen LogP) is 3.21. The lowest BCUT2D eigenvalue weighted by atomic mass is 10.2. The zero-order valence-electron chi connectivity index (χ0n) is 16.0. The first-order chi connectivity index (χ1) is 14.3. The van der Waals surface area contributed by atoms with Gasteiger partial charge in [-0.15, -0.1) is 5.10 Å². The standard InChI is InChI=1S/C21H18N6O2/c1-28-15-8-9-16(18(10-15)29-2)19-24-21-17-11-23-26(12-14-6-4-3-5-7-14)20(17)22-13-27(21)25-19/h3-11,13H,12H2,1-2H3. The van der Waals surface area contributed by atoms with E-state index in [0.717, 1.165) is 22.2 Å². The molecule has 2 aromatic carbocycles. The lowest BCUT2D eigenvalue weighted by Gasteiger charge is -2.07. The smallest absolute Gasteiger partial charge is 0.185 e. The second kappa shape index (κ2) is 6.90. The molecule has 0 aliphatic carbocycles. The van der Waals surface area contributed by atoms with E-state index in [1.165, 1.54) is 0 Å². The topological polar surface area (TPSA) is 79.4 Å². The van der Waals surface area contributed by atoms with Crippen molar-refractivity contribution in [1.29, 1.82) is 0 Å². The Bertz CT molecular complexity index is 1310. The number of fused-ring (bicyclic) bond motifs is 3. The molecule has 29 heavy (non-hydrogen) atoms. The van der Waals surface area contributed by atoms with E-state index < -0.39 is 0 Å². The first-order valence-electron chi connectivity index (χ1n) is 9.10. The van der Waals surface area contributed by atoms with Crippen LogP contribution in [0.1, 0.15) is 5.56 Å². The van der Waals surface area contributed by atoms with Gasteiger partial charge in [0, 0.05) is 6.07 Å². The van der Waals surface area contributed by atoms with E-state index in [4.69, 9.17) is 14.5 Å². The Morgan fingerprint density at radius 1 is 0.966 bits per heavy atom. The summed E-state index contributed by atoms with van der Waals surface area (Å²) in [6, 6.07) is 15.7. The van der Waals surface area contributed by atoms with Crippen LogP contribution in [0, 0.1) is 0 Å². The molecule has 0 fully saturated rings. The van der Waals surface area contributed by atoms with Crippen LogP contribution in [0.3, 0.4) is 0 Å². The number of hydrogen-bond donors (Lipinski definition) is 0. The second-order valence-electron chi connectivity index (χ2n) is 6.54. The van der Waals surface area contributed by atoms with E-state index in [0.29, 0.717) is 29.5 Å². The van der Waals surface area contributed by atoms with Gasteiger partial charge in [-0.2, -0.15) is 5.10 Å². The molecule has 0 unspecified atom stereocenters. The van der Waals surface area contributed by atoms with E-state index in [1.54, 1.807) is 31.3 Å². The number of hydrogen-bond acceptors (Lipinski definition) is 6. The van der Waals surface area contributed by atoms with Crippen molar-refractivity contribution in [3.63, 3.8) is 0 Å². The molecule has 144 valence electrons. The molecule has 0 atom stereocenters. The highest BCUT2D eigenvalue weighted by Crippen LogP contribution is 2.32. The van der Waals surface area contributed by atoms with Crippen molar-refractivity contribution in [3.05, 3.63) is 66.6 Å². The number of nitrogens with zero attached hydrogens (tertiary/aromatic N) is 6. The molecule has 0 radical (unpaired) electrons. The van der Waals surface area contributed by atoms with Crippen molar-refractivity contribution in [3.8, 4) is 22.9 Å². The van der Waals surface area contributed by atoms with Crippen LogP contribution >= 0.6 is 0 Å². The average Bonchev–Trinajstić information content (AvgIpc) is 3.38. The monoisotopic (exact) mass is 386 g/mol. The second-order valence-corrected chi connectivity index (χ2v) is 6.54. The van der Waals surface area contributed by atoms with Crippen LogP contribution in [0.4, 0.5) is 0 Å². The summed E-state index contributed by atoms with van der Waals surface area (Å²) in [5.74, 6) is 1.90. The van der Waals surface area contributed by atoms with Gasteiger partial charge in [0.25, 0.3) is 0 Å². The summed E-state index contributed by atoms with van der Waals surface area (Å²) in [5.41, 5.74) is 3.40. The summed E-state index contributed by atoms with van der Waals surface area (Å²) >= 11 is 0. The molecule has 0 bridgehead atoms. The molecular weight excluding hydrogens is 368 g/mol. The molecule has 3 heterocycles. The van der Waals surface area contributed by atoms with Gasteiger partial charge >= 0.3 is 0 Å². The highest BCUT2D eigenvalue weighted by molar-refractivity contribution is 5.89. The molecule has 0 saturated carbocycles. The number of ether oxygens (including phenoxy) is 2. The summed E-state index contributed by atoms with van der Waals surface area (Å²) in [7, 11) is 3.23. The fourth-order valence-electron chi connectivity index (χ4n) is 3.34. The molecule has 0 saturated heterocycles. The maximum absolute atomic E-state index is 5.49. The van der Waals surface area contributed by atoms with Crippen LogP contribution < -0.4 is 9.47 Å². The van der Waals surface area contributed by atoms with Crippen LogP contribution in [0.15, 0.2) is 61.1 Å². The fraction of sp³-hybridized carbons (Fsp3) is 0.143. The summed E-state index contributed by atoms with van der Waals surface area (Å²) in [6.07, 6.45) is 3.44. The van der Waals surface area contributed by atoms with Crippen LogP contribution in [-0.2, 0) is 6.54 Å². The van der Waals surface area contributed by atoms with Crippen LogP contribution in [0.2, 0.25) is 0 Å². The van der Waals surface area contributed by atoms with Gasteiger partial charge in [0.15, 0.2) is 17.1 Å². The SMILES string of the molecule is COc1ccc(-c2nc3c4cnn(Cc5ccccc5)c4ncn3n2)c(OC)c1. The Kier molecular flexibility index (Phi) is 4.09. The normalized spacial score (nSPS) is 11.2. The van der Waals surface area contributed by atoms with Crippen molar-refractivity contribution in [2.24, 2.45) is 0 Å². The van der Waals surface area contributed by atoms with Gasteiger partial charge in [-0.25, -0.2) is 19.2 Å². The number of aromatic nitrogens is 6. The van der Waals surface area contributed by atoms with Gasteiger partial charge < -0.3 is 9.47 Å². The minimum absolute atomic E-state index is 0.551. The van der Waals surface area contributed by atoms with E-state index in [2.05, 4.69) is 27.3 Å². The molecule has 0 N–H and O–H groups in total. The zero-order valence-corrected chi connectivity index (χ0v) is 16.0. The quantitative estimate of drug-likeness (QED) is 0.461. The molecule has 0 spiro atoms. The zero-order chi connectivity index (χ0) is 19.8. The Morgan fingerprint density at radius 3 is 2.62 bits per heavy atom. The molecule has 5 rings (SSSR count). The largest absolute Gasteiger partial charge is 0.497 e. The van der Waals surface area contributed by atoms with Crippen molar-refractivity contribution >= 4 is 16.7 Å². The third kappa shape index (κ3) is 2.94. The number of benzene rings is 2. The Hall–Kier alpha value is -3.94. The highest BCUT2D eigenvalue weighted by atomic mass is 16.5. The van der Waals surface area contributed by atoms with E-state index in [9.17, 15) is 0 Å². The summed E-state index contributed by atoms with van der Waals surface area (Å²) in [5, 5.41) is 9.93. The number of methoxy groups -OCH3 is 2. The maximum atomic E-state index is 5.49. The Morgan fingerprint density at radius 2 is 1.83 bits per heavy atom. The molecule has 0 aliphatic rings. The minimum atomic E-state index is 0.551. The summed E-state index contributed by atoms with van der Waals surface area (Å²) < 4.78 is 14.3. The van der Waals surface area contributed by atoms with Gasteiger partial charge in [0.1, 0.15) is 17.8 Å². The first kappa shape index (κ1) is 17.2. The average molecular weight is 386 g/mol. The summed E-state index contributed by atoms with van der Waals surface area (Å²) in [6.45, 7) is 0.640. The lowest BCUT2D eigenvalue weighted by molar-refractivity contribution is 0.395. The summed E-state index contributed by atoms with van der Waals surface area (Å²) in [4.78, 5) is 9.29. The van der Waals surface area contributed by atoms with Gasteiger partial charge in [0.05, 0.1) is 37.9 Å². The minimum Gasteiger partial charge on any atom is -0.497 e. The Balaban J connectivity index is 1.60. The lowest BCUT2D eigenvalue weighted by Crippen LogP contribution is -2.03. The van der Waals surface area contributed by atoms with Crippen molar-refractivity contribution < 1.29 is 9.47 Å². The van der Waals surface area contributed by atoms with Gasteiger partial charge in [-0.3, -0.25) is 0 Å². The van der Waals surface area contributed by atoms with Crippen molar-refractivity contribution in [2.75, 3.05) is 14.2 Å².